The third-order valence-corrected chi connectivity index (χ3v) is 1.25. The van der Waals surface area contributed by atoms with Crippen LogP contribution in [0.1, 0.15) is 0 Å². The Hall–Kier alpha value is -0.0100. The fraction of sp³-hybridized carbons (Fsp3) is 1.00. The SMILES string of the molecule is O=[PH](O)O.OCCN(CCO)CCO. The average Bonchev–Trinajstić information content (AvgIpc) is 2.04. The zero-order valence-electron chi connectivity index (χ0n) is 7.83. The van der Waals surface area contributed by atoms with E-state index in [1.807, 2.05) is 0 Å². The molecule has 0 aromatic carbocycles. The van der Waals surface area contributed by atoms with Gasteiger partial charge >= 0.3 is 8.25 Å². The molecular formula is C6H18NO6P. The zero-order valence-corrected chi connectivity index (χ0v) is 8.83. The second-order valence-corrected chi connectivity index (χ2v) is 2.86. The van der Waals surface area contributed by atoms with Crippen molar-refractivity contribution in [2.45, 2.75) is 0 Å². The van der Waals surface area contributed by atoms with Gasteiger partial charge in [-0.2, -0.15) is 0 Å². The monoisotopic (exact) mass is 231 g/mol. The summed E-state index contributed by atoms with van der Waals surface area (Å²) < 4.78 is 8.74. The molecule has 8 heteroatoms. The highest BCUT2D eigenvalue weighted by atomic mass is 31.1. The minimum atomic E-state index is -3.13. The van der Waals surface area contributed by atoms with E-state index < -0.39 is 8.25 Å². The fourth-order valence-electron chi connectivity index (χ4n) is 0.760. The molecule has 5 N–H and O–H groups in total. The minimum absolute atomic E-state index is 0.0694. The summed E-state index contributed by atoms with van der Waals surface area (Å²) in [5, 5.41) is 25.5. The molecule has 0 bridgehead atoms. The molecule has 0 aliphatic carbocycles. The van der Waals surface area contributed by atoms with Crippen LogP contribution in [0.5, 0.6) is 0 Å². The van der Waals surface area contributed by atoms with Crippen molar-refractivity contribution >= 4 is 8.25 Å². The van der Waals surface area contributed by atoms with Gasteiger partial charge in [0, 0.05) is 19.6 Å². The van der Waals surface area contributed by atoms with Crippen molar-refractivity contribution in [1.29, 1.82) is 0 Å². The first-order valence-electron chi connectivity index (χ1n) is 4.05. The Morgan fingerprint density at radius 3 is 1.21 bits per heavy atom. The second-order valence-electron chi connectivity index (χ2n) is 2.30. The lowest BCUT2D eigenvalue weighted by Crippen LogP contribution is -2.32. The van der Waals surface area contributed by atoms with E-state index in [-0.39, 0.29) is 19.8 Å². The number of nitrogens with zero attached hydrogens (tertiary/aromatic N) is 1. The van der Waals surface area contributed by atoms with Crippen LogP contribution >= 0.6 is 8.25 Å². The van der Waals surface area contributed by atoms with Crippen LogP contribution in [0.15, 0.2) is 0 Å². The number of aliphatic hydroxyl groups excluding tert-OH is 3. The van der Waals surface area contributed by atoms with E-state index in [0.717, 1.165) is 0 Å². The molecule has 0 fully saturated rings. The van der Waals surface area contributed by atoms with Gasteiger partial charge in [-0.15, -0.1) is 0 Å². The molecular weight excluding hydrogens is 213 g/mol. The van der Waals surface area contributed by atoms with E-state index in [2.05, 4.69) is 0 Å². The predicted molar refractivity (Wildman–Crippen MR) is 51.1 cm³/mol. The molecule has 14 heavy (non-hydrogen) atoms. The third kappa shape index (κ3) is 17.9. The summed E-state index contributed by atoms with van der Waals surface area (Å²) in [6.07, 6.45) is 0. The van der Waals surface area contributed by atoms with Gasteiger partial charge < -0.3 is 25.1 Å². The van der Waals surface area contributed by atoms with Crippen molar-refractivity contribution < 1.29 is 29.7 Å². The van der Waals surface area contributed by atoms with Gasteiger partial charge in [0.2, 0.25) is 0 Å². The normalized spacial score (nSPS) is 10.2. The lowest BCUT2D eigenvalue weighted by atomic mass is 10.4. The Balaban J connectivity index is 0. The van der Waals surface area contributed by atoms with E-state index in [1.165, 1.54) is 0 Å². The van der Waals surface area contributed by atoms with Gasteiger partial charge in [0.1, 0.15) is 0 Å². The van der Waals surface area contributed by atoms with Crippen LogP contribution in [0.25, 0.3) is 0 Å². The van der Waals surface area contributed by atoms with Crippen LogP contribution in [0.4, 0.5) is 0 Å². The second kappa shape index (κ2) is 13.0. The van der Waals surface area contributed by atoms with Gasteiger partial charge in [0.15, 0.2) is 0 Å². The molecule has 0 aliphatic rings. The molecule has 0 heterocycles. The Morgan fingerprint density at radius 1 is 0.857 bits per heavy atom. The first-order chi connectivity index (χ1) is 6.58. The number of hydrogen-bond acceptors (Lipinski definition) is 5. The lowest BCUT2D eigenvalue weighted by Gasteiger charge is -2.17. The summed E-state index contributed by atoms with van der Waals surface area (Å²) in [7, 11) is -3.13. The molecule has 0 rings (SSSR count). The van der Waals surface area contributed by atoms with Gasteiger partial charge in [-0.1, -0.05) is 0 Å². The molecule has 0 spiro atoms. The summed E-state index contributed by atoms with van der Waals surface area (Å²) >= 11 is 0. The number of aliphatic hydroxyl groups is 3. The Kier molecular flexibility index (Phi) is 15.2. The number of hydrogen-bond donors (Lipinski definition) is 5. The van der Waals surface area contributed by atoms with Gasteiger partial charge in [-0.3, -0.25) is 9.46 Å². The highest BCUT2D eigenvalue weighted by Crippen LogP contribution is 1.98. The van der Waals surface area contributed by atoms with Crippen LogP contribution in [-0.2, 0) is 4.57 Å². The van der Waals surface area contributed by atoms with Crippen LogP contribution in [0, 0.1) is 0 Å². The van der Waals surface area contributed by atoms with Crippen molar-refractivity contribution in [2.24, 2.45) is 0 Å². The summed E-state index contributed by atoms with van der Waals surface area (Å²) in [5.41, 5.74) is 0. The highest BCUT2D eigenvalue weighted by Gasteiger charge is 2.00. The first kappa shape index (κ1) is 16.4. The minimum Gasteiger partial charge on any atom is -0.395 e. The Bertz CT molecular complexity index is 117. The van der Waals surface area contributed by atoms with Crippen molar-refractivity contribution in [3.05, 3.63) is 0 Å². The number of rotatable bonds is 6. The Labute approximate surface area is 83.2 Å². The van der Waals surface area contributed by atoms with Gasteiger partial charge in [-0.25, -0.2) is 0 Å². The van der Waals surface area contributed by atoms with Gasteiger partial charge in [0.25, 0.3) is 0 Å². The van der Waals surface area contributed by atoms with Crippen molar-refractivity contribution in [3.8, 4) is 0 Å². The van der Waals surface area contributed by atoms with E-state index in [0.29, 0.717) is 19.6 Å². The molecule has 7 nitrogen and oxygen atoms in total. The molecule has 0 aliphatic heterocycles. The van der Waals surface area contributed by atoms with Crippen molar-refractivity contribution in [1.82, 2.24) is 4.90 Å². The van der Waals surface area contributed by atoms with Crippen LogP contribution in [0.3, 0.4) is 0 Å². The maximum Gasteiger partial charge on any atom is 0.314 e. The molecule has 88 valence electrons. The summed E-state index contributed by atoms with van der Waals surface area (Å²) in [6.45, 7) is 1.75. The zero-order chi connectivity index (χ0) is 11.4. The van der Waals surface area contributed by atoms with Gasteiger partial charge in [-0.05, 0) is 0 Å². The predicted octanol–water partition coefficient (Wildman–Crippen LogP) is -2.37. The molecule has 0 unspecified atom stereocenters. The quantitative estimate of drug-likeness (QED) is 0.324. The fourth-order valence-corrected chi connectivity index (χ4v) is 0.760. The summed E-state index contributed by atoms with van der Waals surface area (Å²) in [6, 6.07) is 0. The molecule has 0 amide bonds. The third-order valence-electron chi connectivity index (χ3n) is 1.25. The molecule has 0 atom stereocenters. The average molecular weight is 231 g/mol. The van der Waals surface area contributed by atoms with Crippen molar-refractivity contribution in [2.75, 3.05) is 39.5 Å². The van der Waals surface area contributed by atoms with Crippen LogP contribution in [0.2, 0.25) is 0 Å². The maximum absolute atomic E-state index is 8.74. The van der Waals surface area contributed by atoms with E-state index in [1.54, 1.807) is 4.90 Å². The van der Waals surface area contributed by atoms with E-state index in [9.17, 15) is 0 Å². The topological polar surface area (TPSA) is 121 Å². The molecule has 0 saturated carbocycles. The van der Waals surface area contributed by atoms with Crippen LogP contribution in [-0.4, -0.2) is 69.5 Å². The van der Waals surface area contributed by atoms with E-state index >= 15 is 0 Å². The standard InChI is InChI=1S/C6H15NO3.H3O3P/c8-4-1-7(2-5-9)3-6-10;1-4(2)3/h8-10H,1-6H2;4H,(H2,1,2,3). The molecule has 0 saturated heterocycles. The molecule has 0 radical (unpaired) electrons. The molecule has 0 aromatic heterocycles. The van der Waals surface area contributed by atoms with E-state index in [4.69, 9.17) is 29.7 Å². The Morgan fingerprint density at radius 2 is 1.07 bits per heavy atom. The van der Waals surface area contributed by atoms with Crippen LogP contribution < -0.4 is 0 Å². The van der Waals surface area contributed by atoms with Crippen molar-refractivity contribution in [3.63, 3.8) is 0 Å². The summed E-state index contributed by atoms with van der Waals surface area (Å²) in [5.74, 6) is 0. The first-order valence-corrected chi connectivity index (χ1v) is 5.35. The maximum atomic E-state index is 8.74. The lowest BCUT2D eigenvalue weighted by molar-refractivity contribution is 0.136. The molecule has 0 aromatic rings. The van der Waals surface area contributed by atoms with Gasteiger partial charge in [0.05, 0.1) is 19.8 Å². The summed E-state index contributed by atoms with van der Waals surface area (Å²) in [4.78, 5) is 16.1. The smallest absolute Gasteiger partial charge is 0.314 e. The highest BCUT2D eigenvalue weighted by molar-refractivity contribution is 7.30. The largest absolute Gasteiger partial charge is 0.395 e.